The number of carbonyl (C=O) groups is 2. The number of carboxylic acid groups (broad SMARTS) is 1. The number of fused-ring (bicyclic) bond motifs is 2. The van der Waals surface area contributed by atoms with Crippen LogP contribution < -0.4 is 5.32 Å². The van der Waals surface area contributed by atoms with Crippen LogP contribution in [0.25, 0.3) is 0 Å². The molecule has 5 nitrogen and oxygen atoms in total. The highest BCUT2D eigenvalue weighted by atomic mass is 79.9. The first-order valence-corrected chi connectivity index (χ1v) is 6.98. The Kier molecular flexibility index (Phi) is 3.35. The molecule has 2 aliphatic heterocycles. The third-order valence-electron chi connectivity index (χ3n) is 3.58. The molecule has 1 saturated heterocycles. The normalized spacial score (nSPS) is 30.4. The summed E-state index contributed by atoms with van der Waals surface area (Å²) in [6, 6.07) is 7.16. The third-order valence-corrected chi connectivity index (χ3v) is 4.07. The quantitative estimate of drug-likeness (QED) is 0.827. The van der Waals surface area contributed by atoms with Crippen LogP contribution in [0.5, 0.6) is 0 Å². The topological polar surface area (TPSA) is 75.6 Å². The van der Waals surface area contributed by atoms with Gasteiger partial charge in [-0.15, -0.1) is 0 Å². The molecular weight excluding hydrogens is 326 g/mol. The molecule has 0 unspecified atom stereocenters. The van der Waals surface area contributed by atoms with Gasteiger partial charge >= 0.3 is 5.97 Å². The fraction of sp³-hybridized carbons (Fsp3) is 0.286. The van der Waals surface area contributed by atoms with Gasteiger partial charge in [-0.3, -0.25) is 9.59 Å². The van der Waals surface area contributed by atoms with E-state index in [1.807, 2.05) is 6.07 Å². The number of rotatable bonds is 3. The molecule has 20 heavy (non-hydrogen) atoms. The number of anilines is 1. The van der Waals surface area contributed by atoms with Gasteiger partial charge in [0.15, 0.2) is 0 Å². The summed E-state index contributed by atoms with van der Waals surface area (Å²) < 4.78 is 6.32. The molecule has 0 aliphatic carbocycles. The lowest BCUT2D eigenvalue weighted by atomic mass is 9.82. The second kappa shape index (κ2) is 5.03. The van der Waals surface area contributed by atoms with E-state index in [9.17, 15) is 14.7 Å². The van der Waals surface area contributed by atoms with Crippen molar-refractivity contribution in [2.24, 2.45) is 11.8 Å². The molecule has 2 N–H and O–H groups in total. The summed E-state index contributed by atoms with van der Waals surface area (Å²) in [4.78, 5) is 23.6. The van der Waals surface area contributed by atoms with Crippen LogP contribution in [0.3, 0.4) is 0 Å². The van der Waals surface area contributed by atoms with E-state index in [2.05, 4.69) is 21.2 Å². The molecule has 1 aromatic rings. The fourth-order valence-corrected chi connectivity index (χ4v) is 3.11. The molecular formula is C14H12BrNO4. The van der Waals surface area contributed by atoms with Crippen molar-refractivity contribution in [2.75, 3.05) is 5.32 Å². The Morgan fingerprint density at radius 2 is 1.90 bits per heavy atom. The van der Waals surface area contributed by atoms with Crippen LogP contribution in [-0.4, -0.2) is 29.2 Å². The number of ether oxygens (including phenoxy) is 1. The predicted octanol–water partition coefficient (Wildman–Crippen LogP) is 2.04. The first kappa shape index (κ1) is 13.3. The van der Waals surface area contributed by atoms with Gasteiger partial charge < -0.3 is 15.2 Å². The minimum Gasteiger partial charge on any atom is -0.481 e. The lowest BCUT2D eigenvalue weighted by Gasteiger charge is -2.21. The van der Waals surface area contributed by atoms with Crippen molar-refractivity contribution in [3.63, 3.8) is 0 Å². The SMILES string of the molecule is O=C(O)[C@@H]1[C@H](C(=O)Nc2cccc(Br)c2)[C@@H]2C=C[C@@H]1O2. The second-order valence-corrected chi connectivity index (χ2v) is 5.76. The van der Waals surface area contributed by atoms with E-state index in [0.29, 0.717) is 5.69 Å². The Balaban J connectivity index is 1.80. The summed E-state index contributed by atoms with van der Waals surface area (Å²) >= 11 is 3.32. The second-order valence-electron chi connectivity index (χ2n) is 4.84. The molecule has 2 heterocycles. The first-order chi connectivity index (χ1) is 9.56. The Bertz CT molecular complexity index is 601. The monoisotopic (exact) mass is 337 g/mol. The Morgan fingerprint density at radius 1 is 1.20 bits per heavy atom. The van der Waals surface area contributed by atoms with Crippen LogP contribution in [0.1, 0.15) is 0 Å². The summed E-state index contributed by atoms with van der Waals surface area (Å²) in [5.74, 6) is -2.85. The molecule has 3 rings (SSSR count). The molecule has 0 spiro atoms. The largest absolute Gasteiger partial charge is 0.481 e. The standard InChI is InChI=1S/C14H12BrNO4/c15-7-2-1-3-8(6-7)16-13(17)11-9-4-5-10(20-9)12(11)14(18)19/h1-6,9-12H,(H,16,17)(H,18,19)/t9-,10-,11+,12-/m0/s1. The first-order valence-electron chi connectivity index (χ1n) is 6.19. The molecule has 0 radical (unpaired) electrons. The Hall–Kier alpha value is -1.66. The highest BCUT2D eigenvalue weighted by molar-refractivity contribution is 9.10. The van der Waals surface area contributed by atoms with Gasteiger partial charge in [0.2, 0.25) is 5.91 Å². The van der Waals surface area contributed by atoms with Crippen molar-refractivity contribution in [1.82, 2.24) is 0 Å². The van der Waals surface area contributed by atoms with Gasteiger partial charge in [-0.1, -0.05) is 34.1 Å². The molecule has 2 aliphatic rings. The summed E-state index contributed by atoms with van der Waals surface area (Å²) in [5, 5.41) is 12.0. The number of amides is 1. The summed E-state index contributed by atoms with van der Waals surface area (Å²) in [7, 11) is 0. The zero-order valence-corrected chi connectivity index (χ0v) is 11.9. The van der Waals surface area contributed by atoms with E-state index in [1.54, 1.807) is 30.4 Å². The molecule has 6 heteroatoms. The van der Waals surface area contributed by atoms with Gasteiger partial charge in [0.05, 0.1) is 18.1 Å². The van der Waals surface area contributed by atoms with Crippen molar-refractivity contribution in [1.29, 1.82) is 0 Å². The number of nitrogens with one attached hydrogen (secondary N) is 1. The predicted molar refractivity (Wildman–Crippen MR) is 75.2 cm³/mol. The maximum Gasteiger partial charge on any atom is 0.310 e. The van der Waals surface area contributed by atoms with Crippen molar-refractivity contribution in [2.45, 2.75) is 12.2 Å². The molecule has 1 aromatic carbocycles. The maximum atomic E-state index is 12.3. The van der Waals surface area contributed by atoms with Gasteiger partial charge in [0.1, 0.15) is 5.92 Å². The number of hydrogen-bond donors (Lipinski definition) is 2. The molecule has 1 amide bonds. The molecule has 4 atom stereocenters. The molecule has 1 fully saturated rings. The number of halogens is 1. The zero-order valence-electron chi connectivity index (χ0n) is 10.3. The van der Waals surface area contributed by atoms with Crippen LogP contribution in [0.15, 0.2) is 40.9 Å². The minimum absolute atomic E-state index is 0.327. The number of aliphatic carboxylic acids is 1. The highest BCUT2D eigenvalue weighted by Crippen LogP contribution is 2.39. The van der Waals surface area contributed by atoms with E-state index < -0.39 is 30.0 Å². The minimum atomic E-state index is -1.00. The van der Waals surface area contributed by atoms with Crippen LogP contribution >= 0.6 is 15.9 Å². The van der Waals surface area contributed by atoms with Gasteiger partial charge in [-0.05, 0) is 18.2 Å². The average Bonchev–Trinajstić information content (AvgIpc) is 2.98. The fourth-order valence-electron chi connectivity index (χ4n) is 2.71. The maximum absolute atomic E-state index is 12.3. The summed E-state index contributed by atoms with van der Waals surface area (Å²) in [6.45, 7) is 0. The van der Waals surface area contributed by atoms with E-state index in [0.717, 1.165) is 4.47 Å². The smallest absolute Gasteiger partial charge is 0.310 e. The van der Waals surface area contributed by atoms with Gasteiger partial charge in [-0.25, -0.2) is 0 Å². The van der Waals surface area contributed by atoms with E-state index in [-0.39, 0.29) is 5.91 Å². The zero-order chi connectivity index (χ0) is 14.3. The Morgan fingerprint density at radius 3 is 2.55 bits per heavy atom. The van der Waals surface area contributed by atoms with Crippen molar-refractivity contribution >= 4 is 33.5 Å². The van der Waals surface area contributed by atoms with Crippen LogP contribution in [0.2, 0.25) is 0 Å². The van der Waals surface area contributed by atoms with Gasteiger partial charge in [-0.2, -0.15) is 0 Å². The van der Waals surface area contributed by atoms with Crippen LogP contribution in [-0.2, 0) is 14.3 Å². The number of carbonyl (C=O) groups excluding carboxylic acids is 1. The average molecular weight is 338 g/mol. The molecule has 2 bridgehead atoms. The third kappa shape index (κ3) is 2.25. The number of benzene rings is 1. The van der Waals surface area contributed by atoms with Gasteiger partial charge in [0.25, 0.3) is 0 Å². The number of carboxylic acids is 1. The van der Waals surface area contributed by atoms with Crippen LogP contribution in [0.4, 0.5) is 5.69 Å². The van der Waals surface area contributed by atoms with Crippen LogP contribution in [0, 0.1) is 11.8 Å². The lowest BCUT2D eigenvalue weighted by molar-refractivity contribution is -0.145. The van der Waals surface area contributed by atoms with Gasteiger partial charge in [0, 0.05) is 10.2 Å². The molecule has 0 saturated carbocycles. The summed E-state index contributed by atoms with van der Waals surface area (Å²) in [6.07, 6.45) is 2.52. The van der Waals surface area contributed by atoms with Crippen molar-refractivity contribution in [3.05, 3.63) is 40.9 Å². The van der Waals surface area contributed by atoms with Crippen molar-refractivity contribution in [3.8, 4) is 0 Å². The van der Waals surface area contributed by atoms with E-state index in [1.165, 1.54) is 0 Å². The van der Waals surface area contributed by atoms with E-state index in [4.69, 9.17) is 4.74 Å². The highest BCUT2D eigenvalue weighted by Gasteiger charge is 2.53. The van der Waals surface area contributed by atoms with Crippen molar-refractivity contribution < 1.29 is 19.4 Å². The molecule has 0 aromatic heterocycles. The Labute approximate surface area is 123 Å². The summed E-state index contributed by atoms with van der Waals surface area (Å²) in [5.41, 5.74) is 0.625. The van der Waals surface area contributed by atoms with E-state index >= 15 is 0 Å². The number of hydrogen-bond acceptors (Lipinski definition) is 3. The lowest BCUT2D eigenvalue weighted by Crippen LogP contribution is -2.39. The molecule has 104 valence electrons.